The lowest BCUT2D eigenvalue weighted by molar-refractivity contribution is -0.186. The number of carbonyl (C=O) groups excluding carboxylic acids is 3. The van der Waals surface area contributed by atoms with Gasteiger partial charge in [0.1, 0.15) is 5.75 Å². The number of rotatable bonds is 4. The van der Waals surface area contributed by atoms with Crippen LogP contribution in [0.3, 0.4) is 0 Å². The van der Waals surface area contributed by atoms with E-state index in [1.54, 1.807) is 6.07 Å². The Hall–Kier alpha value is -1.60. The van der Waals surface area contributed by atoms with Gasteiger partial charge >= 0.3 is 17.9 Å². The summed E-state index contributed by atoms with van der Waals surface area (Å²) in [5.41, 5.74) is 0.0617. The fraction of sp³-hybridized carbons (Fsp3) is 0.308. The van der Waals surface area contributed by atoms with Gasteiger partial charge in [0, 0.05) is 25.2 Å². The minimum Gasteiger partial charge on any atom is -0.426 e. The molecule has 0 heterocycles. The highest BCUT2D eigenvalue weighted by molar-refractivity contribution is 9.10. The van der Waals surface area contributed by atoms with E-state index >= 15 is 0 Å². The van der Waals surface area contributed by atoms with Gasteiger partial charge in [-0.2, -0.15) is 0 Å². The van der Waals surface area contributed by atoms with Gasteiger partial charge in [-0.1, -0.05) is 11.6 Å². The van der Waals surface area contributed by atoms with Crippen LogP contribution in [0.2, 0.25) is 5.02 Å². The molecule has 0 aliphatic heterocycles. The fourth-order valence-corrected chi connectivity index (χ4v) is 2.05. The standard InChI is InChI=1S/C13H12BrClO6/c1-6(16)19-10-5-4-9(14)12(15)11(10)13(20-7(2)17)21-8(3)18/h4-5,13H,1-3H3. The first kappa shape index (κ1) is 17.5. The van der Waals surface area contributed by atoms with Gasteiger partial charge in [0.25, 0.3) is 6.29 Å². The molecule has 0 amide bonds. The zero-order chi connectivity index (χ0) is 16.2. The van der Waals surface area contributed by atoms with E-state index in [1.807, 2.05) is 0 Å². The first-order valence-corrected chi connectivity index (χ1v) is 6.90. The van der Waals surface area contributed by atoms with E-state index < -0.39 is 24.2 Å². The topological polar surface area (TPSA) is 78.9 Å². The summed E-state index contributed by atoms with van der Waals surface area (Å²) >= 11 is 9.32. The van der Waals surface area contributed by atoms with Crippen molar-refractivity contribution in [3.8, 4) is 5.75 Å². The molecule has 0 unspecified atom stereocenters. The molecule has 0 saturated heterocycles. The molecule has 0 aliphatic rings. The van der Waals surface area contributed by atoms with Gasteiger partial charge in [0.05, 0.1) is 10.6 Å². The monoisotopic (exact) mass is 378 g/mol. The Balaban J connectivity index is 3.37. The highest BCUT2D eigenvalue weighted by atomic mass is 79.9. The van der Waals surface area contributed by atoms with Gasteiger partial charge in [-0.15, -0.1) is 0 Å². The second-order valence-electron chi connectivity index (χ2n) is 3.92. The molecule has 0 atom stereocenters. The molecule has 1 aromatic rings. The predicted octanol–water partition coefficient (Wildman–Crippen LogP) is 3.15. The van der Waals surface area contributed by atoms with E-state index in [2.05, 4.69) is 15.9 Å². The number of halogens is 2. The summed E-state index contributed by atoms with van der Waals surface area (Å²) in [7, 11) is 0. The van der Waals surface area contributed by atoms with Crippen molar-refractivity contribution in [3.05, 3.63) is 27.2 Å². The Kier molecular flexibility index (Phi) is 6.17. The molecule has 0 radical (unpaired) electrons. The van der Waals surface area contributed by atoms with Crippen LogP contribution in [0.1, 0.15) is 32.6 Å². The van der Waals surface area contributed by atoms with E-state index in [-0.39, 0.29) is 16.3 Å². The molecule has 1 aromatic carbocycles. The van der Waals surface area contributed by atoms with Crippen LogP contribution in [0.25, 0.3) is 0 Å². The van der Waals surface area contributed by atoms with Crippen molar-refractivity contribution >= 4 is 45.4 Å². The van der Waals surface area contributed by atoms with Gasteiger partial charge in [0.2, 0.25) is 0 Å². The van der Waals surface area contributed by atoms with E-state index in [1.165, 1.54) is 13.0 Å². The summed E-state index contributed by atoms with van der Waals surface area (Å²) in [5, 5.41) is 0.0984. The normalized spacial score (nSPS) is 10.2. The summed E-state index contributed by atoms with van der Waals surface area (Å²) in [5.74, 6) is -1.95. The van der Waals surface area contributed by atoms with Crippen LogP contribution >= 0.6 is 27.5 Å². The Bertz CT molecular complexity index is 570. The van der Waals surface area contributed by atoms with Gasteiger partial charge in [-0.25, -0.2) is 0 Å². The first-order valence-electron chi connectivity index (χ1n) is 5.73. The molecule has 0 saturated carbocycles. The van der Waals surface area contributed by atoms with Gasteiger partial charge in [-0.3, -0.25) is 14.4 Å². The van der Waals surface area contributed by atoms with Gasteiger partial charge in [0.15, 0.2) is 0 Å². The summed E-state index contributed by atoms with van der Waals surface area (Å²) in [6.45, 7) is 3.49. The van der Waals surface area contributed by atoms with Crippen LogP contribution in [0.4, 0.5) is 0 Å². The van der Waals surface area contributed by atoms with E-state index in [0.717, 1.165) is 13.8 Å². The van der Waals surface area contributed by atoms with E-state index in [9.17, 15) is 14.4 Å². The van der Waals surface area contributed by atoms with Crippen molar-refractivity contribution < 1.29 is 28.6 Å². The highest BCUT2D eigenvalue weighted by Crippen LogP contribution is 2.39. The fourth-order valence-electron chi connectivity index (χ4n) is 1.46. The molecule has 1 rings (SSSR count). The lowest BCUT2D eigenvalue weighted by Crippen LogP contribution is -2.17. The number of carbonyl (C=O) groups is 3. The molecule has 8 heteroatoms. The summed E-state index contributed by atoms with van der Waals surface area (Å²) < 4.78 is 15.3. The maximum Gasteiger partial charge on any atom is 0.308 e. The highest BCUT2D eigenvalue weighted by Gasteiger charge is 2.27. The van der Waals surface area contributed by atoms with E-state index in [4.69, 9.17) is 25.8 Å². The number of benzene rings is 1. The Morgan fingerprint density at radius 1 is 1.05 bits per heavy atom. The van der Waals surface area contributed by atoms with E-state index in [0.29, 0.717) is 4.47 Å². The lowest BCUT2D eigenvalue weighted by Gasteiger charge is -2.20. The first-order chi connectivity index (χ1) is 9.72. The van der Waals surface area contributed by atoms with Crippen molar-refractivity contribution in [1.82, 2.24) is 0 Å². The summed E-state index contributed by atoms with van der Waals surface area (Å²) in [4.78, 5) is 33.5. The van der Waals surface area contributed by atoms with Crippen LogP contribution in [-0.2, 0) is 23.9 Å². The van der Waals surface area contributed by atoms with Crippen LogP contribution in [-0.4, -0.2) is 17.9 Å². The third kappa shape index (κ3) is 5.02. The van der Waals surface area contributed by atoms with Gasteiger partial charge < -0.3 is 14.2 Å². The second kappa shape index (κ2) is 7.42. The zero-order valence-corrected chi connectivity index (χ0v) is 13.8. The van der Waals surface area contributed by atoms with Crippen molar-refractivity contribution in [2.45, 2.75) is 27.1 Å². The molecule has 0 N–H and O–H groups in total. The molecule has 0 fully saturated rings. The Labute approximate surface area is 134 Å². The maximum absolute atomic E-state index is 11.2. The number of hydrogen-bond acceptors (Lipinski definition) is 6. The number of esters is 3. The smallest absolute Gasteiger partial charge is 0.308 e. The molecule has 21 heavy (non-hydrogen) atoms. The SMILES string of the molecule is CC(=O)Oc1ccc(Br)c(Cl)c1C(OC(C)=O)OC(C)=O. The molecular weight excluding hydrogens is 367 g/mol. The Morgan fingerprint density at radius 2 is 1.57 bits per heavy atom. The average molecular weight is 380 g/mol. The molecule has 0 aromatic heterocycles. The molecule has 0 spiro atoms. The third-order valence-corrected chi connectivity index (χ3v) is 3.42. The Morgan fingerprint density at radius 3 is 2.00 bits per heavy atom. The average Bonchev–Trinajstić information content (AvgIpc) is 2.31. The van der Waals surface area contributed by atoms with Crippen molar-refractivity contribution in [2.24, 2.45) is 0 Å². The van der Waals surface area contributed by atoms with Crippen molar-refractivity contribution in [2.75, 3.05) is 0 Å². The van der Waals surface area contributed by atoms with Crippen molar-refractivity contribution in [1.29, 1.82) is 0 Å². The zero-order valence-electron chi connectivity index (χ0n) is 11.4. The largest absolute Gasteiger partial charge is 0.426 e. The summed E-state index contributed by atoms with van der Waals surface area (Å²) in [6.07, 6.45) is -1.42. The van der Waals surface area contributed by atoms with Gasteiger partial charge in [-0.05, 0) is 28.1 Å². The van der Waals surface area contributed by atoms with Crippen LogP contribution < -0.4 is 4.74 Å². The van der Waals surface area contributed by atoms with Crippen molar-refractivity contribution in [3.63, 3.8) is 0 Å². The molecule has 0 aliphatic carbocycles. The molecular formula is C13H12BrClO6. The quantitative estimate of drug-likeness (QED) is 0.454. The van der Waals surface area contributed by atoms with Crippen LogP contribution in [0.15, 0.2) is 16.6 Å². The van der Waals surface area contributed by atoms with Crippen LogP contribution in [0.5, 0.6) is 5.75 Å². The maximum atomic E-state index is 11.2. The lowest BCUT2D eigenvalue weighted by atomic mass is 10.2. The predicted molar refractivity (Wildman–Crippen MR) is 76.7 cm³/mol. The third-order valence-electron chi connectivity index (χ3n) is 2.13. The molecule has 6 nitrogen and oxygen atoms in total. The minimum absolute atomic E-state index is 0.0307. The number of hydrogen-bond donors (Lipinski definition) is 0. The molecule has 114 valence electrons. The second-order valence-corrected chi connectivity index (χ2v) is 5.15. The number of ether oxygens (including phenoxy) is 3. The minimum atomic E-state index is -1.42. The summed E-state index contributed by atoms with van der Waals surface area (Å²) in [6, 6.07) is 2.98. The van der Waals surface area contributed by atoms with Crippen LogP contribution in [0, 0.1) is 0 Å². The molecule has 0 bridgehead atoms.